The Labute approximate surface area is 345 Å². The number of rotatable bonds is 17. The molecular weight excluding hydrogens is 513 g/mol. The molecule has 158 valence electrons. The van der Waals surface area contributed by atoms with E-state index in [4.69, 9.17) is 29.9 Å². The van der Waals surface area contributed by atoms with Crippen molar-refractivity contribution in [1.29, 1.82) is 0 Å². The predicted octanol–water partition coefficient (Wildman–Crippen LogP) is -4.63. The number of hydrogen-bond donors (Lipinski definition) is 4. The Balaban J connectivity index is -0.000000521. The molecule has 0 heterocycles. The number of aliphatic carboxylic acids is 4. The Kier molecular flexibility index (Phi) is 43.5. The molecule has 0 saturated heterocycles. The van der Waals surface area contributed by atoms with Gasteiger partial charge in [-0.1, -0.05) is 0 Å². The molecule has 4 N–H and O–H groups in total. The molecule has 0 fully saturated rings. The fraction of sp³-hybridized carbons (Fsp3) is 0.714. The zero-order valence-corrected chi connectivity index (χ0v) is 14.2. The van der Waals surface area contributed by atoms with Crippen LogP contribution in [0.25, 0.3) is 0 Å². The Morgan fingerprint density at radius 1 is 0.500 bits per heavy atom. The number of hydrogen-bond acceptors (Lipinski definition) is 8. The Morgan fingerprint density at radius 3 is 0.933 bits per heavy atom. The zero-order chi connectivity index (χ0) is 19.9. The summed E-state index contributed by atoms with van der Waals surface area (Å²) in [6.07, 6.45) is 0. The van der Waals surface area contributed by atoms with E-state index in [0.29, 0.717) is 0 Å². The number of carboxylic acids is 4. The van der Waals surface area contributed by atoms with Crippen LogP contribution in [0.4, 0.5) is 0 Å². The van der Waals surface area contributed by atoms with E-state index in [0.717, 1.165) is 0 Å². The van der Waals surface area contributed by atoms with Crippen molar-refractivity contribution < 1.29 is 49.1 Å². The first kappa shape index (κ1) is 44.3. The van der Waals surface area contributed by atoms with Crippen LogP contribution in [-0.2, 0) is 28.7 Å². The Bertz CT molecular complexity index is 414. The van der Waals surface area contributed by atoms with Gasteiger partial charge in [-0.25, -0.2) is 0 Å². The van der Waals surface area contributed by atoms with Gasteiger partial charge in [0.15, 0.2) is 0 Å². The number of carboxylic acid groups (broad SMARTS) is 4. The topological polar surface area (TPSA) is 174 Å². The number of nitrogens with zero attached hydrogens (tertiary/aromatic N) is 2. The predicted molar refractivity (Wildman–Crippen MR) is 114 cm³/mol. The zero-order valence-electron chi connectivity index (χ0n) is 14.2. The minimum absolute atomic E-state index is 0. The molecule has 16 heteroatoms. The summed E-state index contributed by atoms with van der Waals surface area (Å²) in [5.74, 6) is -4.55. The van der Waals surface area contributed by atoms with Crippen LogP contribution in [0.3, 0.4) is 0 Å². The van der Waals surface area contributed by atoms with Crippen LogP contribution in [0.1, 0.15) is 0 Å². The summed E-state index contributed by atoms with van der Waals surface area (Å²) in [5.41, 5.74) is 0. The molecule has 0 aliphatic heterocycles. The van der Waals surface area contributed by atoms with E-state index >= 15 is 0 Å². The molecule has 0 aliphatic rings. The van der Waals surface area contributed by atoms with Crippen molar-refractivity contribution in [1.82, 2.24) is 9.80 Å². The Hall–Kier alpha value is 4.27. The summed E-state index contributed by atoms with van der Waals surface area (Å²) >= 11 is 0. The average Bonchev–Trinajstić information content (AvgIpc) is 2.47. The summed E-state index contributed by atoms with van der Waals surface area (Å²) < 4.78 is 10.4. The van der Waals surface area contributed by atoms with Gasteiger partial charge in [-0.05, 0) is 0 Å². The Morgan fingerprint density at radius 2 is 0.733 bits per heavy atom. The van der Waals surface area contributed by atoms with Gasteiger partial charge < -0.3 is 29.9 Å². The molecule has 0 spiro atoms. The number of carbonyl (C=O) groups is 4. The van der Waals surface area contributed by atoms with Gasteiger partial charge in [-0.3, -0.25) is 29.0 Å². The van der Waals surface area contributed by atoms with E-state index in [9.17, 15) is 19.2 Å². The van der Waals surface area contributed by atoms with Crippen molar-refractivity contribution in [2.45, 2.75) is 0 Å². The first-order chi connectivity index (χ1) is 12.2. The van der Waals surface area contributed by atoms with Crippen molar-refractivity contribution in [2.24, 2.45) is 0 Å². The van der Waals surface area contributed by atoms with Crippen molar-refractivity contribution in [3.63, 3.8) is 0 Å². The summed E-state index contributed by atoms with van der Waals surface area (Å²) in [6, 6.07) is 0. The maximum absolute atomic E-state index is 10.6. The second kappa shape index (κ2) is 29.5. The molecule has 30 heavy (non-hydrogen) atoms. The SMILES string of the molecule is O=C(O)CN(CCOCCOCCN(CC(=O)O)CC(=O)O)CC(=O)O.[KH].[KH].[KH].[KH]. The standard InChI is InChI=1S/C14H24N2O10.4K.4H/c17-11(18)7-15(8-12(19)20)1-3-25-5-6-26-4-2-16(9-13(21)22)10-14(23)24;;;;;;;;/h1-10H2,(H,17,18)(H,19,20)(H,21,22)(H,23,24);;;;;;;;. The molecule has 0 aromatic carbocycles. The van der Waals surface area contributed by atoms with E-state index in [-0.39, 0.29) is 245 Å². The quantitative estimate of drug-likeness (QED) is 0.103. The summed E-state index contributed by atoms with van der Waals surface area (Å²) in [7, 11) is 0. The second-order valence-corrected chi connectivity index (χ2v) is 5.22. The summed E-state index contributed by atoms with van der Waals surface area (Å²) in [4.78, 5) is 44.9. The van der Waals surface area contributed by atoms with Gasteiger partial charge >= 0.3 is 229 Å². The third-order valence-corrected chi connectivity index (χ3v) is 2.91. The molecule has 0 saturated carbocycles. The molecule has 0 radical (unpaired) electrons. The van der Waals surface area contributed by atoms with Gasteiger partial charge in [0.05, 0.1) is 52.6 Å². The second-order valence-electron chi connectivity index (χ2n) is 5.22. The van der Waals surface area contributed by atoms with Crippen LogP contribution in [0, 0.1) is 0 Å². The summed E-state index contributed by atoms with van der Waals surface area (Å²) in [6.45, 7) is -0.790. The average molecular weight is 541 g/mol. The van der Waals surface area contributed by atoms with Crippen molar-refractivity contribution in [3.8, 4) is 0 Å². The van der Waals surface area contributed by atoms with Crippen LogP contribution >= 0.6 is 0 Å². The van der Waals surface area contributed by atoms with Gasteiger partial charge in [0.2, 0.25) is 0 Å². The molecule has 0 atom stereocenters. The first-order valence-corrected chi connectivity index (χ1v) is 7.68. The van der Waals surface area contributed by atoms with Crippen molar-refractivity contribution in [3.05, 3.63) is 0 Å². The van der Waals surface area contributed by atoms with Gasteiger partial charge in [-0.15, -0.1) is 0 Å². The van der Waals surface area contributed by atoms with Gasteiger partial charge in [-0.2, -0.15) is 0 Å². The van der Waals surface area contributed by atoms with E-state index < -0.39 is 50.1 Å². The van der Waals surface area contributed by atoms with Crippen LogP contribution < -0.4 is 0 Å². The fourth-order valence-electron chi connectivity index (χ4n) is 1.90. The fourth-order valence-corrected chi connectivity index (χ4v) is 1.90. The molecule has 0 unspecified atom stereocenters. The normalized spacial score (nSPS) is 9.53. The van der Waals surface area contributed by atoms with Gasteiger partial charge in [0.1, 0.15) is 0 Å². The van der Waals surface area contributed by atoms with Crippen LogP contribution in [0.15, 0.2) is 0 Å². The van der Waals surface area contributed by atoms with E-state index in [2.05, 4.69) is 0 Å². The first-order valence-electron chi connectivity index (χ1n) is 7.68. The molecule has 0 bridgehead atoms. The van der Waals surface area contributed by atoms with Crippen LogP contribution in [-0.4, -0.2) is 325 Å². The third kappa shape index (κ3) is 32.3. The molecule has 0 amide bonds. The van der Waals surface area contributed by atoms with E-state index in [1.165, 1.54) is 9.80 Å². The van der Waals surface area contributed by atoms with Gasteiger partial charge in [0.25, 0.3) is 0 Å². The summed E-state index contributed by atoms with van der Waals surface area (Å²) in [5, 5.41) is 34.7. The molecular formula is C14H28K4N2O10. The van der Waals surface area contributed by atoms with Crippen LogP contribution in [0.2, 0.25) is 0 Å². The van der Waals surface area contributed by atoms with Crippen molar-refractivity contribution >= 4 is 229 Å². The third-order valence-electron chi connectivity index (χ3n) is 2.91. The van der Waals surface area contributed by atoms with E-state index in [1.54, 1.807) is 0 Å². The number of ether oxygens (including phenoxy) is 2. The van der Waals surface area contributed by atoms with E-state index in [1.807, 2.05) is 0 Å². The minimum atomic E-state index is -1.14. The molecule has 0 aliphatic carbocycles. The monoisotopic (exact) mass is 540 g/mol. The van der Waals surface area contributed by atoms with Crippen LogP contribution in [0.5, 0.6) is 0 Å². The molecule has 0 rings (SSSR count). The molecule has 0 aromatic rings. The maximum atomic E-state index is 10.6. The molecule has 0 aromatic heterocycles. The van der Waals surface area contributed by atoms with Crippen molar-refractivity contribution in [2.75, 3.05) is 65.7 Å². The molecule has 12 nitrogen and oxygen atoms in total. The van der Waals surface area contributed by atoms with Gasteiger partial charge in [0, 0.05) is 13.1 Å².